The summed E-state index contributed by atoms with van der Waals surface area (Å²) in [6, 6.07) is 7.23. The highest BCUT2D eigenvalue weighted by Gasteiger charge is 2.12. The largest absolute Gasteiger partial charge is 0.398 e. The lowest BCUT2D eigenvalue weighted by Gasteiger charge is -2.12. The third-order valence-electron chi connectivity index (χ3n) is 3.06. The first-order chi connectivity index (χ1) is 8.66. The molecular weight excluding hydrogens is 246 g/mol. The number of benzene rings is 1. The Morgan fingerprint density at radius 1 is 1.22 bits per heavy atom. The molecule has 18 heavy (non-hydrogen) atoms. The topological polar surface area (TPSA) is 60.2 Å². The molecule has 0 radical (unpaired) electrons. The maximum atomic E-state index is 12.1. The molecule has 0 heterocycles. The zero-order valence-corrected chi connectivity index (χ0v) is 11.0. The Bertz CT molecular complexity index is 508. The fourth-order valence-electron chi connectivity index (χ4n) is 2.08. The van der Waals surface area contributed by atoms with Crippen molar-refractivity contribution in [1.82, 2.24) is 0 Å². The van der Waals surface area contributed by atoms with Gasteiger partial charge in [-0.2, -0.15) is 0 Å². The molecule has 1 atom stereocenters. The van der Waals surface area contributed by atoms with Crippen LogP contribution in [0.25, 0.3) is 0 Å². The second-order valence-corrected chi connectivity index (χ2v) is 6.00. The highest BCUT2D eigenvalue weighted by Crippen LogP contribution is 2.21. The Kier molecular flexibility index (Phi) is 4.31. The molecule has 0 fully saturated rings. The van der Waals surface area contributed by atoms with E-state index in [2.05, 4.69) is 0 Å². The summed E-state index contributed by atoms with van der Waals surface area (Å²) in [5.41, 5.74) is 7.48. The molecule has 0 spiro atoms. The van der Waals surface area contributed by atoms with Gasteiger partial charge in [-0.15, -0.1) is 0 Å². The first-order valence-corrected chi connectivity index (χ1v) is 7.44. The average molecular weight is 263 g/mol. The molecule has 1 aromatic rings. The van der Waals surface area contributed by atoms with Crippen molar-refractivity contribution in [3.63, 3.8) is 0 Å². The molecule has 0 saturated heterocycles. The number of carbonyl (C=O) groups is 1. The maximum absolute atomic E-state index is 12.1. The third kappa shape index (κ3) is 3.29. The van der Waals surface area contributed by atoms with Crippen molar-refractivity contribution in [3.05, 3.63) is 35.9 Å². The fourth-order valence-corrected chi connectivity index (χ4v) is 3.31. The average Bonchev–Trinajstić information content (AvgIpc) is 2.37. The molecule has 1 aromatic carbocycles. The van der Waals surface area contributed by atoms with Gasteiger partial charge in [0.15, 0.2) is 5.78 Å². The predicted molar refractivity (Wildman–Crippen MR) is 73.7 cm³/mol. The van der Waals surface area contributed by atoms with Gasteiger partial charge < -0.3 is 5.73 Å². The number of para-hydroxylation sites is 1. The molecule has 96 valence electrons. The van der Waals surface area contributed by atoms with Gasteiger partial charge in [0.05, 0.1) is 15.7 Å². The molecule has 0 saturated carbocycles. The monoisotopic (exact) mass is 263 g/mol. The van der Waals surface area contributed by atoms with Crippen molar-refractivity contribution in [1.29, 1.82) is 0 Å². The van der Waals surface area contributed by atoms with Gasteiger partial charge in [0.2, 0.25) is 0 Å². The minimum Gasteiger partial charge on any atom is -0.398 e. The van der Waals surface area contributed by atoms with E-state index in [-0.39, 0.29) is 5.78 Å². The quantitative estimate of drug-likeness (QED) is 0.849. The van der Waals surface area contributed by atoms with Crippen LogP contribution >= 0.6 is 0 Å². The van der Waals surface area contributed by atoms with Gasteiger partial charge in [-0.1, -0.05) is 17.7 Å². The number of hydrogen-bond acceptors (Lipinski definition) is 3. The summed E-state index contributed by atoms with van der Waals surface area (Å²) in [5.74, 6) is 0.731. The molecule has 4 heteroatoms. The third-order valence-corrected chi connectivity index (χ3v) is 4.50. The summed E-state index contributed by atoms with van der Waals surface area (Å²) < 4.78 is 12.1. The molecule has 2 rings (SSSR count). The molecule has 0 aromatic heterocycles. The predicted octanol–water partition coefficient (Wildman–Crippen LogP) is 2.45. The second kappa shape index (κ2) is 5.96. The van der Waals surface area contributed by atoms with Gasteiger partial charge in [0, 0.05) is 17.9 Å². The Hall–Kier alpha value is -1.42. The highest BCUT2D eigenvalue weighted by molar-refractivity contribution is 7.85. The maximum Gasteiger partial charge on any atom is 0.155 e. The first kappa shape index (κ1) is 13.0. The van der Waals surface area contributed by atoms with Crippen LogP contribution in [0.2, 0.25) is 0 Å². The van der Waals surface area contributed by atoms with Gasteiger partial charge in [0.1, 0.15) is 0 Å². The van der Waals surface area contributed by atoms with E-state index >= 15 is 0 Å². The van der Waals surface area contributed by atoms with Crippen molar-refractivity contribution in [2.75, 3.05) is 11.5 Å². The van der Waals surface area contributed by atoms with Crippen LogP contribution in [-0.2, 0) is 15.6 Å². The van der Waals surface area contributed by atoms with E-state index in [9.17, 15) is 9.00 Å². The molecule has 0 bridgehead atoms. The standard InChI is InChI=1S/C14H17NO2S/c15-13-6-1-2-7-14(13)18(17)9-8-11-4-3-5-12(16)10-11/h1-2,6-7,10H,3-5,8-9,15H2. The molecule has 2 N–H and O–H groups in total. The molecular formula is C14H17NO2S. The van der Waals surface area contributed by atoms with Crippen LogP contribution in [0.1, 0.15) is 25.7 Å². The van der Waals surface area contributed by atoms with E-state index in [0.717, 1.165) is 18.4 Å². The van der Waals surface area contributed by atoms with E-state index in [1.807, 2.05) is 12.1 Å². The smallest absolute Gasteiger partial charge is 0.155 e. The summed E-state index contributed by atoms with van der Waals surface area (Å²) in [6.45, 7) is 0. The molecule has 1 aliphatic carbocycles. The van der Waals surface area contributed by atoms with Gasteiger partial charge in [0.25, 0.3) is 0 Å². The number of allylic oxidation sites excluding steroid dienone is 2. The second-order valence-electron chi connectivity index (χ2n) is 4.46. The highest BCUT2D eigenvalue weighted by atomic mass is 32.2. The number of rotatable bonds is 4. The lowest BCUT2D eigenvalue weighted by molar-refractivity contribution is -0.115. The van der Waals surface area contributed by atoms with Crippen LogP contribution in [0.15, 0.2) is 40.8 Å². The summed E-state index contributed by atoms with van der Waals surface area (Å²) in [7, 11) is -1.09. The van der Waals surface area contributed by atoms with Crippen molar-refractivity contribution in [3.8, 4) is 0 Å². The van der Waals surface area contributed by atoms with E-state index in [0.29, 0.717) is 29.2 Å². The summed E-state index contributed by atoms with van der Waals surface area (Å²) in [5, 5.41) is 0. The normalized spacial score (nSPS) is 17.3. The summed E-state index contributed by atoms with van der Waals surface area (Å²) >= 11 is 0. The SMILES string of the molecule is Nc1ccccc1S(=O)CCC1=CC(=O)CCC1. The van der Waals surface area contributed by atoms with Crippen LogP contribution in [0.5, 0.6) is 0 Å². The minimum absolute atomic E-state index is 0.196. The van der Waals surface area contributed by atoms with Gasteiger partial charge in [-0.05, 0) is 37.5 Å². The number of nitrogens with two attached hydrogens (primary N) is 1. The van der Waals surface area contributed by atoms with Crippen LogP contribution in [0, 0.1) is 0 Å². The summed E-state index contributed by atoms with van der Waals surface area (Å²) in [6.07, 6.45) is 4.96. The van der Waals surface area contributed by atoms with E-state index < -0.39 is 10.8 Å². The van der Waals surface area contributed by atoms with Crippen molar-refractivity contribution < 1.29 is 9.00 Å². The van der Waals surface area contributed by atoms with E-state index in [1.165, 1.54) is 0 Å². The molecule has 3 nitrogen and oxygen atoms in total. The zero-order chi connectivity index (χ0) is 13.0. The Morgan fingerprint density at radius 3 is 2.72 bits per heavy atom. The number of nitrogen functional groups attached to an aromatic ring is 1. The van der Waals surface area contributed by atoms with Crippen molar-refractivity contribution in [2.45, 2.75) is 30.6 Å². The summed E-state index contributed by atoms with van der Waals surface area (Å²) in [4.78, 5) is 12.0. The number of ketones is 1. The van der Waals surface area contributed by atoms with Crippen LogP contribution in [0.4, 0.5) is 5.69 Å². The number of carbonyl (C=O) groups excluding carboxylic acids is 1. The Morgan fingerprint density at radius 2 is 2.00 bits per heavy atom. The molecule has 1 unspecified atom stereocenters. The lowest BCUT2D eigenvalue weighted by atomic mass is 9.97. The fraction of sp³-hybridized carbons (Fsp3) is 0.357. The van der Waals surface area contributed by atoms with E-state index in [4.69, 9.17) is 5.73 Å². The van der Waals surface area contributed by atoms with E-state index in [1.54, 1.807) is 18.2 Å². The number of hydrogen-bond donors (Lipinski definition) is 1. The lowest BCUT2D eigenvalue weighted by Crippen LogP contribution is -2.07. The Balaban J connectivity index is 1.97. The van der Waals surface area contributed by atoms with Gasteiger partial charge in [-0.25, -0.2) is 0 Å². The number of anilines is 1. The molecule has 0 amide bonds. The minimum atomic E-state index is -1.09. The molecule has 0 aliphatic heterocycles. The van der Waals surface area contributed by atoms with Gasteiger partial charge in [-0.3, -0.25) is 9.00 Å². The van der Waals surface area contributed by atoms with Crippen LogP contribution in [0.3, 0.4) is 0 Å². The zero-order valence-electron chi connectivity index (χ0n) is 10.2. The Labute approximate surface area is 110 Å². The van der Waals surface area contributed by atoms with Crippen molar-refractivity contribution in [2.24, 2.45) is 0 Å². The van der Waals surface area contributed by atoms with Crippen molar-refractivity contribution >= 4 is 22.3 Å². The first-order valence-electron chi connectivity index (χ1n) is 6.12. The van der Waals surface area contributed by atoms with Crippen LogP contribution < -0.4 is 5.73 Å². The molecule has 1 aliphatic rings. The van der Waals surface area contributed by atoms with Gasteiger partial charge >= 0.3 is 0 Å². The van der Waals surface area contributed by atoms with Crippen LogP contribution in [-0.4, -0.2) is 15.7 Å².